The van der Waals surface area contributed by atoms with Gasteiger partial charge in [-0.1, -0.05) is 31.0 Å². The van der Waals surface area contributed by atoms with Gasteiger partial charge in [0.1, 0.15) is 0 Å². The normalized spacial score (nSPS) is 18.0. The maximum atomic E-state index is 12.4. The van der Waals surface area contributed by atoms with E-state index in [4.69, 9.17) is 0 Å². The number of anilines is 1. The molecule has 0 aliphatic heterocycles. The lowest BCUT2D eigenvalue weighted by atomic mass is 9.79. The number of hydrogen-bond donors (Lipinski definition) is 4. The van der Waals surface area contributed by atoms with E-state index in [-0.39, 0.29) is 11.5 Å². The third kappa shape index (κ3) is 5.48. The Morgan fingerprint density at radius 1 is 0.839 bits per heavy atom. The van der Waals surface area contributed by atoms with E-state index in [0.717, 1.165) is 18.4 Å². The Morgan fingerprint density at radius 3 is 2.13 bits per heavy atom. The molecule has 0 aromatic heterocycles. The highest BCUT2D eigenvalue weighted by atomic mass is 16.4. The Labute approximate surface area is 180 Å². The van der Waals surface area contributed by atoms with Crippen LogP contribution in [0.4, 0.5) is 5.69 Å². The number of carbonyl (C=O) groups is 4. The molecule has 3 amide bonds. The van der Waals surface area contributed by atoms with Crippen molar-refractivity contribution in [3.8, 4) is 0 Å². The first-order valence-electron chi connectivity index (χ1n) is 10.2. The molecule has 0 bridgehead atoms. The molecule has 1 saturated carbocycles. The number of carboxylic acids is 1. The smallest absolute Gasteiger partial charge is 0.307 e. The average molecular weight is 423 g/mol. The van der Waals surface area contributed by atoms with E-state index in [0.29, 0.717) is 24.1 Å². The second kappa shape index (κ2) is 9.88. The quantitative estimate of drug-likeness (QED) is 0.551. The Kier molecular flexibility index (Phi) is 7.02. The molecule has 2 atom stereocenters. The van der Waals surface area contributed by atoms with E-state index in [1.54, 1.807) is 24.3 Å². The van der Waals surface area contributed by atoms with E-state index >= 15 is 0 Å². The van der Waals surface area contributed by atoms with Crippen molar-refractivity contribution in [2.45, 2.75) is 32.6 Å². The fourth-order valence-electron chi connectivity index (χ4n) is 3.75. The molecule has 0 saturated heterocycles. The lowest BCUT2D eigenvalue weighted by molar-refractivity contribution is -0.149. The molecule has 2 unspecified atom stereocenters. The number of benzene rings is 2. The SMILES string of the molecule is Cc1ccccc1C(=O)Nc1ccc(C(=O)NNC(=O)C2CCCCC2C(=O)O)cc1. The molecule has 1 fully saturated rings. The molecular weight excluding hydrogens is 398 g/mol. The third-order valence-corrected chi connectivity index (χ3v) is 5.51. The van der Waals surface area contributed by atoms with Crippen LogP contribution in [0.3, 0.4) is 0 Å². The number of hydrazine groups is 1. The topological polar surface area (TPSA) is 125 Å². The molecule has 31 heavy (non-hydrogen) atoms. The molecule has 0 heterocycles. The number of aryl methyl sites for hydroxylation is 1. The first-order valence-corrected chi connectivity index (χ1v) is 10.2. The van der Waals surface area contributed by atoms with Gasteiger partial charge in [-0.25, -0.2) is 0 Å². The second-order valence-corrected chi connectivity index (χ2v) is 7.63. The first kappa shape index (κ1) is 22.0. The molecule has 3 rings (SSSR count). The van der Waals surface area contributed by atoms with E-state index < -0.39 is 29.6 Å². The molecule has 4 N–H and O–H groups in total. The zero-order valence-electron chi connectivity index (χ0n) is 17.2. The van der Waals surface area contributed by atoms with Gasteiger partial charge in [-0.05, 0) is 55.7 Å². The second-order valence-electron chi connectivity index (χ2n) is 7.63. The van der Waals surface area contributed by atoms with Crippen molar-refractivity contribution >= 4 is 29.4 Å². The maximum Gasteiger partial charge on any atom is 0.307 e. The van der Waals surface area contributed by atoms with E-state index in [2.05, 4.69) is 16.2 Å². The number of aliphatic carboxylic acids is 1. The number of carbonyl (C=O) groups excluding carboxylic acids is 3. The summed E-state index contributed by atoms with van der Waals surface area (Å²) in [5.41, 5.74) is 6.90. The highest BCUT2D eigenvalue weighted by Crippen LogP contribution is 2.30. The van der Waals surface area contributed by atoms with Crippen LogP contribution >= 0.6 is 0 Å². The molecule has 1 aliphatic carbocycles. The highest BCUT2D eigenvalue weighted by molar-refractivity contribution is 6.05. The fourth-order valence-corrected chi connectivity index (χ4v) is 3.75. The van der Waals surface area contributed by atoms with Gasteiger partial charge in [0.15, 0.2) is 0 Å². The average Bonchev–Trinajstić information content (AvgIpc) is 2.78. The van der Waals surface area contributed by atoms with Crippen molar-refractivity contribution in [1.29, 1.82) is 0 Å². The van der Waals surface area contributed by atoms with Crippen LogP contribution < -0.4 is 16.2 Å². The van der Waals surface area contributed by atoms with Crippen LogP contribution in [0.2, 0.25) is 0 Å². The van der Waals surface area contributed by atoms with Crippen LogP contribution in [0.1, 0.15) is 52.0 Å². The number of carboxylic acid groups (broad SMARTS) is 1. The van der Waals surface area contributed by atoms with Crippen LogP contribution in [0.5, 0.6) is 0 Å². The molecule has 8 nitrogen and oxygen atoms in total. The fraction of sp³-hybridized carbons (Fsp3) is 0.304. The minimum atomic E-state index is -0.991. The van der Waals surface area contributed by atoms with Gasteiger partial charge in [0.2, 0.25) is 5.91 Å². The van der Waals surface area contributed by atoms with Crippen LogP contribution in [0.25, 0.3) is 0 Å². The van der Waals surface area contributed by atoms with Crippen molar-refractivity contribution in [3.05, 3.63) is 65.2 Å². The summed E-state index contributed by atoms with van der Waals surface area (Å²) in [6.07, 6.45) is 2.50. The zero-order chi connectivity index (χ0) is 22.4. The van der Waals surface area contributed by atoms with Crippen molar-refractivity contribution < 1.29 is 24.3 Å². The van der Waals surface area contributed by atoms with Crippen LogP contribution in [-0.4, -0.2) is 28.8 Å². The molecule has 1 aliphatic rings. The van der Waals surface area contributed by atoms with Crippen molar-refractivity contribution in [3.63, 3.8) is 0 Å². The summed E-state index contributed by atoms with van der Waals surface area (Å²) in [5.74, 6) is -3.67. The monoisotopic (exact) mass is 423 g/mol. The summed E-state index contributed by atoms with van der Waals surface area (Å²) in [5, 5.41) is 12.1. The number of hydrogen-bond acceptors (Lipinski definition) is 4. The summed E-state index contributed by atoms with van der Waals surface area (Å²) >= 11 is 0. The Morgan fingerprint density at radius 2 is 1.48 bits per heavy atom. The standard InChI is InChI=1S/C23H25N3O5/c1-14-6-2-3-7-17(14)21(28)24-16-12-10-15(11-13-16)20(27)25-26-22(29)18-8-4-5-9-19(18)23(30)31/h2-3,6-7,10-13,18-19H,4-5,8-9H2,1H3,(H,24,28)(H,25,27)(H,26,29)(H,30,31). The van der Waals surface area contributed by atoms with Gasteiger partial charge in [0.25, 0.3) is 11.8 Å². The molecule has 2 aromatic rings. The summed E-state index contributed by atoms with van der Waals surface area (Å²) in [7, 11) is 0. The molecule has 0 radical (unpaired) electrons. The number of rotatable bonds is 5. The third-order valence-electron chi connectivity index (χ3n) is 5.51. The van der Waals surface area contributed by atoms with Gasteiger partial charge in [-0.2, -0.15) is 0 Å². The van der Waals surface area contributed by atoms with Crippen molar-refractivity contribution in [2.24, 2.45) is 11.8 Å². The van der Waals surface area contributed by atoms with Gasteiger partial charge < -0.3 is 10.4 Å². The van der Waals surface area contributed by atoms with Gasteiger partial charge in [0.05, 0.1) is 11.8 Å². The zero-order valence-corrected chi connectivity index (χ0v) is 17.2. The molecule has 0 spiro atoms. The summed E-state index contributed by atoms with van der Waals surface area (Å²) in [6.45, 7) is 1.85. The minimum Gasteiger partial charge on any atom is -0.481 e. The maximum absolute atomic E-state index is 12.4. The molecular formula is C23H25N3O5. The number of amides is 3. The van der Waals surface area contributed by atoms with Crippen LogP contribution in [0, 0.1) is 18.8 Å². The largest absolute Gasteiger partial charge is 0.481 e. The lowest BCUT2D eigenvalue weighted by Gasteiger charge is -2.27. The van der Waals surface area contributed by atoms with E-state index in [9.17, 15) is 24.3 Å². The van der Waals surface area contributed by atoms with Gasteiger partial charge in [-0.3, -0.25) is 30.0 Å². The van der Waals surface area contributed by atoms with Crippen molar-refractivity contribution in [1.82, 2.24) is 10.9 Å². The molecule has 2 aromatic carbocycles. The summed E-state index contributed by atoms with van der Waals surface area (Å²) < 4.78 is 0. The molecule has 162 valence electrons. The predicted octanol–water partition coefficient (Wildman–Crippen LogP) is 2.90. The molecule has 8 heteroatoms. The van der Waals surface area contributed by atoms with Crippen LogP contribution in [-0.2, 0) is 9.59 Å². The minimum absolute atomic E-state index is 0.247. The Hall–Kier alpha value is -3.68. The summed E-state index contributed by atoms with van der Waals surface area (Å²) in [6, 6.07) is 13.5. The van der Waals surface area contributed by atoms with Gasteiger partial charge in [-0.15, -0.1) is 0 Å². The van der Waals surface area contributed by atoms with Crippen LogP contribution in [0.15, 0.2) is 48.5 Å². The summed E-state index contributed by atoms with van der Waals surface area (Å²) in [4.78, 5) is 48.4. The Balaban J connectivity index is 1.55. The van der Waals surface area contributed by atoms with Gasteiger partial charge >= 0.3 is 5.97 Å². The highest BCUT2D eigenvalue weighted by Gasteiger charge is 2.35. The lowest BCUT2D eigenvalue weighted by Crippen LogP contribution is -2.47. The predicted molar refractivity (Wildman–Crippen MR) is 114 cm³/mol. The van der Waals surface area contributed by atoms with Crippen molar-refractivity contribution in [2.75, 3.05) is 5.32 Å². The van der Waals surface area contributed by atoms with Gasteiger partial charge in [0, 0.05) is 16.8 Å². The van der Waals surface area contributed by atoms with E-state index in [1.165, 1.54) is 12.1 Å². The van der Waals surface area contributed by atoms with E-state index in [1.807, 2.05) is 19.1 Å². The number of nitrogens with one attached hydrogen (secondary N) is 3. The Bertz CT molecular complexity index is 987. The first-order chi connectivity index (χ1) is 14.9.